The smallest absolute Gasteiger partial charge is 0.130 e. The van der Waals surface area contributed by atoms with E-state index >= 15 is 0 Å². The van der Waals surface area contributed by atoms with E-state index in [4.69, 9.17) is 4.74 Å². The van der Waals surface area contributed by atoms with Crippen molar-refractivity contribution in [2.75, 3.05) is 39.9 Å². The molecule has 1 aromatic carbocycles. The minimum atomic E-state index is -0.446. The largest absolute Gasteiger partial charge is 0.383 e. The zero-order valence-corrected chi connectivity index (χ0v) is 12.6. The average molecular weight is 298 g/mol. The molecule has 0 atom stereocenters. The molecule has 21 heavy (non-hydrogen) atoms. The summed E-state index contributed by atoms with van der Waals surface area (Å²) in [5.41, 5.74) is 0.189. The van der Waals surface area contributed by atoms with Gasteiger partial charge in [-0.3, -0.25) is 4.90 Å². The van der Waals surface area contributed by atoms with Gasteiger partial charge < -0.3 is 10.1 Å². The van der Waals surface area contributed by atoms with Gasteiger partial charge in [0.25, 0.3) is 0 Å². The van der Waals surface area contributed by atoms with Crippen LogP contribution < -0.4 is 5.32 Å². The maximum absolute atomic E-state index is 13.6. The molecule has 1 N–H and O–H groups in total. The van der Waals surface area contributed by atoms with Gasteiger partial charge in [0, 0.05) is 25.8 Å². The van der Waals surface area contributed by atoms with E-state index in [0.29, 0.717) is 12.5 Å². The Hall–Kier alpha value is -1.04. The van der Waals surface area contributed by atoms with Gasteiger partial charge in [0.15, 0.2) is 0 Å². The molecule has 0 aliphatic carbocycles. The Morgan fingerprint density at radius 3 is 2.52 bits per heavy atom. The van der Waals surface area contributed by atoms with Crippen LogP contribution in [0.5, 0.6) is 0 Å². The molecule has 0 unspecified atom stereocenters. The van der Waals surface area contributed by atoms with Crippen molar-refractivity contribution in [3.05, 3.63) is 35.4 Å². The number of piperidine rings is 1. The van der Waals surface area contributed by atoms with Crippen LogP contribution in [0, 0.1) is 17.6 Å². The van der Waals surface area contributed by atoms with E-state index in [2.05, 4.69) is 10.2 Å². The number of nitrogens with zero attached hydrogens (tertiary/aromatic N) is 1. The topological polar surface area (TPSA) is 24.5 Å². The minimum Gasteiger partial charge on any atom is -0.383 e. The molecule has 2 rings (SSSR count). The summed E-state index contributed by atoms with van der Waals surface area (Å²) in [6.07, 6.45) is 2.13. The van der Waals surface area contributed by atoms with Crippen molar-refractivity contribution >= 4 is 0 Å². The highest BCUT2D eigenvalue weighted by Crippen LogP contribution is 2.20. The maximum Gasteiger partial charge on any atom is 0.130 e. The lowest BCUT2D eigenvalue weighted by Gasteiger charge is -2.32. The number of hydrogen-bond acceptors (Lipinski definition) is 3. The predicted octanol–water partition coefficient (Wildman–Crippen LogP) is 2.41. The lowest BCUT2D eigenvalue weighted by Crippen LogP contribution is -2.37. The van der Waals surface area contributed by atoms with Crippen molar-refractivity contribution in [2.24, 2.45) is 5.92 Å². The van der Waals surface area contributed by atoms with Gasteiger partial charge in [0.2, 0.25) is 0 Å². The van der Waals surface area contributed by atoms with Crippen molar-refractivity contribution in [2.45, 2.75) is 19.4 Å². The van der Waals surface area contributed by atoms with Crippen molar-refractivity contribution in [3.8, 4) is 0 Å². The van der Waals surface area contributed by atoms with E-state index in [1.165, 1.54) is 18.2 Å². The van der Waals surface area contributed by atoms with E-state index in [-0.39, 0.29) is 5.56 Å². The molecule has 0 aromatic heterocycles. The monoisotopic (exact) mass is 298 g/mol. The third kappa shape index (κ3) is 5.02. The van der Waals surface area contributed by atoms with Gasteiger partial charge in [-0.1, -0.05) is 6.07 Å². The average Bonchev–Trinajstić information content (AvgIpc) is 2.49. The van der Waals surface area contributed by atoms with Crippen molar-refractivity contribution in [3.63, 3.8) is 0 Å². The second-order valence-corrected chi connectivity index (χ2v) is 5.62. The molecule has 0 amide bonds. The molecule has 1 saturated heterocycles. The first-order valence-corrected chi connectivity index (χ1v) is 7.55. The Bertz CT molecular complexity index is 414. The van der Waals surface area contributed by atoms with Gasteiger partial charge >= 0.3 is 0 Å². The molecular formula is C16H24F2N2O. The standard InChI is InChI=1S/C16H24F2N2O/c1-21-10-7-19-11-13-5-8-20(9-6-13)12-14-15(17)3-2-4-16(14)18/h2-4,13,19H,5-12H2,1H3. The van der Waals surface area contributed by atoms with Crippen LogP contribution >= 0.6 is 0 Å². The minimum absolute atomic E-state index is 0.189. The van der Waals surface area contributed by atoms with Gasteiger partial charge in [-0.15, -0.1) is 0 Å². The van der Waals surface area contributed by atoms with E-state index in [9.17, 15) is 8.78 Å². The lowest BCUT2D eigenvalue weighted by atomic mass is 9.96. The van der Waals surface area contributed by atoms with Gasteiger partial charge in [-0.2, -0.15) is 0 Å². The van der Waals surface area contributed by atoms with E-state index in [1.807, 2.05) is 0 Å². The Labute approximate surface area is 125 Å². The fraction of sp³-hybridized carbons (Fsp3) is 0.625. The van der Waals surface area contributed by atoms with Gasteiger partial charge in [-0.05, 0) is 50.5 Å². The number of rotatable bonds is 7. The number of hydrogen-bond donors (Lipinski definition) is 1. The molecule has 0 saturated carbocycles. The fourth-order valence-corrected chi connectivity index (χ4v) is 2.74. The zero-order chi connectivity index (χ0) is 15.1. The lowest BCUT2D eigenvalue weighted by molar-refractivity contribution is 0.165. The van der Waals surface area contributed by atoms with Crippen molar-refractivity contribution < 1.29 is 13.5 Å². The molecule has 0 radical (unpaired) electrons. The summed E-state index contributed by atoms with van der Waals surface area (Å²) in [6, 6.07) is 4.06. The summed E-state index contributed by atoms with van der Waals surface area (Å²) in [5.74, 6) is -0.250. The molecule has 1 aliphatic heterocycles. The second kappa shape index (κ2) is 8.41. The van der Waals surface area contributed by atoms with E-state index in [1.54, 1.807) is 7.11 Å². The molecule has 1 aliphatic rings. The third-order valence-electron chi connectivity index (χ3n) is 4.07. The molecule has 0 bridgehead atoms. The first kappa shape index (κ1) is 16.3. The molecule has 3 nitrogen and oxygen atoms in total. The Morgan fingerprint density at radius 2 is 1.90 bits per heavy atom. The molecule has 118 valence electrons. The summed E-state index contributed by atoms with van der Waals surface area (Å²) < 4.78 is 32.3. The maximum atomic E-state index is 13.6. The van der Waals surface area contributed by atoms with Crippen LogP contribution in [-0.4, -0.2) is 44.8 Å². The first-order valence-electron chi connectivity index (χ1n) is 7.55. The van der Waals surface area contributed by atoms with Gasteiger partial charge in [0.1, 0.15) is 11.6 Å². The second-order valence-electron chi connectivity index (χ2n) is 5.62. The molecule has 0 spiro atoms. The fourth-order valence-electron chi connectivity index (χ4n) is 2.74. The van der Waals surface area contributed by atoms with Crippen LogP contribution in [0.2, 0.25) is 0 Å². The number of methoxy groups -OCH3 is 1. The van der Waals surface area contributed by atoms with Crippen molar-refractivity contribution in [1.29, 1.82) is 0 Å². The van der Waals surface area contributed by atoms with Gasteiger partial charge in [-0.25, -0.2) is 8.78 Å². The highest BCUT2D eigenvalue weighted by Gasteiger charge is 2.20. The molecule has 1 aromatic rings. The predicted molar refractivity (Wildman–Crippen MR) is 79.1 cm³/mol. The number of ether oxygens (including phenoxy) is 1. The van der Waals surface area contributed by atoms with E-state index < -0.39 is 11.6 Å². The summed E-state index contributed by atoms with van der Waals surface area (Å²) in [7, 11) is 1.70. The van der Waals surface area contributed by atoms with Gasteiger partial charge in [0.05, 0.1) is 6.61 Å². The van der Waals surface area contributed by atoms with Crippen molar-refractivity contribution in [1.82, 2.24) is 10.2 Å². The van der Waals surface area contributed by atoms with Crippen LogP contribution in [0.4, 0.5) is 8.78 Å². The van der Waals surface area contributed by atoms with Crippen LogP contribution in [0.1, 0.15) is 18.4 Å². The third-order valence-corrected chi connectivity index (χ3v) is 4.07. The molecule has 1 heterocycles. The Balaban J connectivity index is 1.74. The Morgan fingerprint density at radius 1 is 1.24 bits per heavy atom. The van der Waals surface area contributed by atoms with Crippen LogP contribution in [0.15, 0.2) is 18.2 Å². The number of halogens is 2. The molecule has 1 fully saturated rings. The summed E-state index contributed by atoms with van der Waals surface area (Å²) in [5, 5.41) is 3.38. The molecule has 5 heteroatoms. The number of likely N-dealkylation sites (tertiary alicyclic amines) is 1. The van der Waals surface area contributed by atoms with E-state index in [0.717, 1.165) is 45.6 Å². The quantitative estimate of drug-likeness (QED) is 0.782. The Kier molecular flexibility index (Phi) is 6.54. The molecular weight excluding hydrogens is 274 g/mol. The summed E-state index contributed by atoms with van der Waals surface area (Å²) >= 11 is 0. The summed E-state index contributed by atoms with van der Waals surface area (Å²) in [6.45, 7) is 4.74. The number of nitrogens with one attached hydrogen (secondary N) is 1. The zero-order valence-electron chi connectivity index (χ0n) is 12.6. The van der Waals surface area contributed by atoms with Crippen LogP contribution in [-0.2, 0) is 11.3 Å². The van der Waals surface area contributed by atoms with Crippen LogP contribution in [0.25, 0.3) is 0 Å². The summed E-state index contributed by atoms with van der Waals surface area (Å²) in [4.78, 5) is 2.13. The first-order chi connectivity index (χ1) is 10.2. The van der Waals surface area contributed by atoms with Crippen LogP contribution in [0.3, 0.4) is 0 Å². The highest BCUT2D eigenvalue weighted by molar-refractivity contribution is 5.19. The highest BCUT2D eigenvalue weighted by atomic mass is 19.1. The SMILES string of the molecule is COCCNCC1CCN(Cc2c(F)cccc2F)CC1. The normalized spacial score (nSPS) is 17.3. The number of benzene rings is 1.